The van der Waals surface area contributed by atoms with Gasteiger partial charge >= 0.3 is 0 Å². The third-order valence-electron chi connectivity index (χ3n) is 5.28. The molecular weight excluding hydrogens is 324 g/mol. The Kier molecular flexibility index (Phi) is 4.60. The molecule has 0 saturated carbocycles. The monoisotopic (exact) mass is 350 g/mol. The lowest BCUT2D eigenvalue weighted by Gasteiger charge is -2.27. The van der Waals surface area contributed by atoms with Crippen molar-refractivity contribution in [3.05, 3.63) is 58.8 Å². The van der Waals surface area contributed by atoms with E-state index in [1.165, 1.54) is 33.3 Å². The molecule has 26 heavy (non-hydrogen) atoms. The van der Waals surface area contributed by atoms with Gasteiger partial charge in [0.25, 0.3) is 0 Å². The van der Waals surface area contributed by atoms with Gasteiger partial charge in [-0.1, -0.05) is 13.0 Å². The Morgan fingerprint density at radius 2 is 1.92 bits per heavy atom. The number of hydrogen-bond donors (Lipinski definition) is 2. The van der Waals surface area contributed by atoms with Crippen LogP contribution in [0.1, 0.15) is 42.3 Å². The van der Waals surface area contributed by atoms with Crippen molar-refractivity contribution in [2.24, 2.45) is 0 Å². The first-order valence-corrected chi connectivity index (χ1v) is 9.42. The summed E-state index contributed by atoms with van der Waals surface area (Å²) in [6, 6.07) is 12.9. The van der Waals surface area contributed by atoms with Gasteiger partial charge in [0.2, 0.25) is 0 Å². The summed E-state index contributed by atoms with van der Waals surface area (Å²) in [6.07, 6.45) is 2.01. The molecule has 0 aliphatic carbocycles. The minimum Gasteiger partial charge on any atom is -0.497 e. The van der Waals surface area contributed by atoms with E-state index in [9.17, 15) is 0 Å². The van der Waals surface area contributed by atoms with Crippen molar-refractivity contribution >= 4 is 10.9 Å². The third kappa shape index (κ3) is 2.84. The number of aryl methyl sites for hydroxylation is 1. The van der Waals surface area contributed by atoms with Gasteiger partial charge in [0.1, 0.15) is 11.5 Å². The molecule has 0 amide bonds. The zero-order valence-corrected chi connectivity index (χ0v) is 15.7. The first-order chi connectivity index (χ1) is 12.7. The van der Waals surface area contributed by atoms with Gasteiger partial charge in [0, 0.05) is 23.1 Å². The highest BCUT2D eigenvalue weighted by Crippen LogP contribution is 2.36. The second-order valence-corrected chi connectivity index (χ2v) is 6.71. The van der Waals surface area contributed by atoms with Gasteiger partial charge in [-0.3, -0.25) is 0 Å². The van der Waals surface area contributed by atoms with Crippen molar-refractivity contribution in [3.63, 3.8) is 0 Å². The summed E-state index contributed by atoms with van der Waals surface area (Å²) in [4.78, 5) is 3.66. The Morgan fingerprint density at radius 1 is 1.08 bits per heavy atom. The van der Waals surface area contributed by atoms with E-state index < -0.39 is 0 Å². The topological polar surface area (TPSA) is 46.3 Å². The second kappa shape index (κ2) is 7.04. The largest absolute Gasteiger partial charge is 0.497 e. The Hall–Kier alpha value is -2.46. The van der Waals surface area contributed by atoms with E-state index in [1.807, 2.05) is 13.0 Å². The number of ether oxygens (including phenoxy) is 2. The zero-order valence-electron chi connectivity index (χ0n) is 15.7. The van der Waals surface area contributed by atoms with E-state index in [1.54, 1.807) is 7.11 Å². The van der Waals surface area contributed by atoms with Crippen LogP contribution in [0.5, 0.6) is 11.5 Å². The molecule has 1 aliphatic rings. The summed E-state index contributed by atoms with van der Waals surface area (Å²) in [6.45, 7) is 5.88. The van der Waals surface area contributed by atoms with E-state index in [0.717, 1.165) is 30.9 Å². The lowest BCUT2D eigenvalue weighted by atomic mass is 9.90. The van der Waals surface area contributed by atoms with Crippen molar-refractivity contribution < 1.29 is 9.47 Å². The number of benzene rings is 2. The minimum absolute atomic E-state index is 0.183. The van der Waals surface area contributed by atoms with Gasteiger partial charge in [0.05, 0.1) is 19.8 Å². The van der Waals surface area contributed by atoms with Crippen molar-refractivity contribution in [1.82, 2.24) is 10.3 Å². The molecule has 1 unspecified atom stereocenters. The summed E-state index contributed by atoms with van der Waals surface area (Å²) < 4.78 is 11.1. The highest BCUT2D eigenvalue weighted by atomic mass is 16.5. The molecule has 4 nitrogen and oxygen atoms in total. The standard InChI is InChI=1S/C22H26N2O2/c1-4-14-12-15(25-3)6-8-17(14)21-22-18(10-11-23-21)19-13-16(26-5-2)7-9-20(19)24-22/h6-9,12-13,21,23-24H,4-5,10-11H2,1-3H3. The van der Waals surface area contributed by atoms with Gasteiger partial charge in [0.15, 0.2) is 0 Å². The van der Waals surface area contributed by atoms with Crippen LogP contribution in [0.25, 0.3) is 10.9 Å². The van der Waals surface area contributed by atoms with Crippen LogP contribution >= 0.6 is 0 Å². The normalized spacial score (nSPS) is 16.5. The quantitative estimate of drug-likeness (QED) is 0.718. The second-order valence-electron chi connectivity index (χ2n) is 6.71. The number of methoxy groups -OCH3 is 1. The maximum atomic E-state index is 5.70. The Labute approximate surface area is 154 Å². The molecule has 4 heteroatoms. The van der Waals surface area contributed by atoms with Crippen molar-refractivity contribution in [2.75, 3.05) is 20.3 Å². The van der Waals surface area contributed by atoms with Gasteiger partial charge in [-0.2, -0.15) is 0 Å². The molecule has 0 spiro atoms. The Bertz CT molecular complexity index is 929. The molecule has 0 fully saturated rings. The maximum absolute atomic E-state index is 5.70. The van der Waals surface area contributed by atoms with E-state index in [-0.39, 0.29) is 6.04 Å². The van der Waals surface area contributed by atoms with Crippen LogP contribution in [0.15, 0.2) is 36.4 Å². The molecule has 0 radical (unpaired) electrons. The average molecular weight is 350 g/mol. The molecule has 1 aromatic heterocycles. The number of nitrogens with one attached hydrogen (secondary N) is 2. The van der Waals surface area contributed by atoms with Crippen LogP contribution in [-0.4, -0.2) is 25.2 Å². The van der Waals surface area contributed by atoms with Crippen LogP contribution in [0.3, 0.4) is 0 Å². The van der Waals surface area contributed by atoms with E-state index in [2.05, 4.69) is 47.6 Å². The predicted molar refractivity (Wildman–Crippen MR) is 105 cm³/mol. The number of aromatic amines is 1. The number of hydrogen-bond acceptors (Lipinski definition) is 3. The Balaban J connectivity index is 1.82. The van der Waals surface area contributed by atoms with Crippen LogP contribution in [0.2, 0.25) is 0 Å². The van der Waals surface area contributed by atoms with Gasteiger partial charge in [-0.25, -0.2) is 0 Å². The van der Waals surface area contributed by atoms with Crippen LogP contribution in [0, 0.1) is 0 Å². The van der Waals surface area contributed by atoms with Crippen molar-refractivity contribution in [1.29, 1.82) is 0 Å². The summed E-state index contributed by atoms with van der Waals surface area (Å²) in [5.74, 6) is 1.86. The molecule has 2 aromatic carbocycles. The number of fused-ring (bicyclic) bond motifs is 3. The fourth-order valence-corrected chi connectivity index (χ4v) is 4.03. The van der Waals surface area contributed by atoms with Gasteiger partial charge in [-0.15, -0.1) is 0 Å². The third-order valence-corrected chi connectivity index (χ3v) is 5.28. The molecular formula is C22H26N2O2. The molecule has 1 atom stereocenters. The fourth-order valence-electron chi connectivity index (χ4n) is 4.03. The highest BCUT2D eigenvalue weighted by Gasteiger charge is 2.27. The SMILES string of the molecule is CCOc1ccc2[nH]c3c(c2c1)CCNC3c1ccc(OC)cc1CC. The summed E-state index contributed by atoms with van der Waals surface area (Å²) in [7, 11) is 1.72. The molecule has 1 aliphatic heterocycles. The highest BCUT2D eigenvalue weighted by molar-refractivity contribution is 5.86. The summed E-state index contributed by atoms with van der Waals surface area (Å²) in [5.41, 5.74) is 6.51. The first-order valence-electron chi connectivity index (χ1n) is 9.42. The average Bonchev–Trinajstić information content (AvgIpc) is 3.06. The van der Waals surface area contributed by atoms with E-state index in [4.69, 9.17) is 9.47 Å². The van der Waals surface area contributed by atoms with Crippen LogP contribution in [0.4, 0.5) is 0 Å². The molecule has 4 rings (SSSR count). The molecule has 136 valence electrons. The fraction of sp³-hybridized carbons (Fsp3) is 0.364. The van der Waals surface area contributed by atoms with Crippen LogP contribution < -0.4 is 14.8 Å². The lowest BCUT2D eigenvalue weighted by molar-refractivity contribution is 0.340. The molecule has 0 saturated heterocycles. The summed E-state index contributed by atoms with van der Waals surface area (Å²) >= 11 is 0. The van der Waals surface area contributed by atoms with Gasteiger partial charge < -0.3 is 19.8 Å². The Morgan fingerprint density at radius 3 is 2.69 bits per heavy atom. The predicted octanol–water partition coefficient (Wildman–Crippen LogP) is 4.37. The molecule has 0 bridgehead atoms. The minimum atomic E-state index is 0.183. The number of H-pyrrole nitrogens is 1. The lowest BCUT2D eigenvalue weighted by Crippen LogP contribution is -2.31. The molecule has 2 heterocycles. The smallest absolute Gasteiger partial charge is 0.120 e. The van der Waals surface area contributed by atoms with Crippen molar-refractivity contribution in [3.8, 4) is 11.5 Å². The van der Waals surface area contributed by atoms with E-state index >= 15 is 0 Å². The maximum Gasteiger partial charge on any atom is 0.120 e. The molecule has 3 aromatic rings. The van der Waals surface area contributed by atoms with Gasteiger partial charge in [-0.05, 0) is 66.8 Å². The molecule has 2 N–H and O–H groups in total. The first kappa shape index (κ1) is 17.0. The van der Waals surface area contributed by atoms with Crippen molar-refractivity contribution in [2.45, 2.75) is 32.7 Å². The van der Waals surface area contributed by atoms with E-state index in [0.29, 0.717) is 6.61 Å². The summed E-state index contributed by atoms with van der Waals surface area (Å²) in [5, 5.41) is 4.98. The number of aromatic nitrogens is 1. The van der Waals surface area contributed by atoms with Crippen LogP contribution in [-0.2, 0) is 12.8 Å². The number of rotatable bonds is 5. The zero-order chi connectivity index (χ0) is 18.1.